The highest BCUT2D eigenvalue weighted by atomic mass is 16.5. The van der Waals surface area contributed by atoms with Crippen LogP contribution in [0.3, 0.4) is 0 Å². The average Bonchev–Trinajstić information content (AvgIpc) is 3.12. The second-order valence-corrected chi connectivity index (χ2v) is 8.06. The third-order valence-electron chi connectivity index (χ3n) is 5.45. The Bertz CT molecular complexity index is 1250. The third kappa shape index (κ3) is 4.45. The van der Waals surface area contributed by atoms with E-state index in [0.717, 1.165) is 38.9 Å². The number of oxazole rings is 1. The molecule has 0 atom stereocenters. The molecule has 1 N–H and O–H groups in total. The molecular weight excluding hydrogens is 388 g/mol. The van der Waals surface area contributed by atoms with Crippen LogP contribution >= 0.6 is 0 Å². The molecule has 3 aromatic carbocycles. The summed E-state index contributed by atoms with van der Waals surface area (Å²) in [5.41, 5.74) is 8.55. The summed E-state index contributed by atoms with van der Waals surface area (Å²) in [6.07, 6.45) is 0. The number of nitrogens with zero attached hydrogens (tertiary/aromatic N) is 1. The van der Waals surface area contributed by atoms with Gasteiger partial charge < -0.3 is 14.5 Å². The molecule has 31 heavy (non-hydrogen) atoms. The molecule has 0 aliphatic carbocycles. The van der Waals surface area contributed by atoms with Crippen molar-refractivity contribution in [1.82, 2.24) is 4.98 Å². The van der Waals surface area contributed by atoms with Gasteiger partial charge in [-0.15, -0.1) is 0 Å². The first-order valence-corrected chi connectivity index (χ1v) is 10.3. The van der Waals surface area contributed by atoms with Crippen LogP contribution in [0.15, 0.2) is 52.9 Å². The molecule has 5 nitrogen and oxygen atoms in total. The van der Waals surface area contributed by atoms with Gasteiger partial charge in [-0.2, -0.15) is 0 Å². The topological polar surface area (TPSA) is 64.4 Å². The Morgan fingerprint density at radius 1 is 0.903 bits per heavy atom. The highest BCUT2D eigenvalue weighted by molar-refractivity contribution is 5.93. The summed E-state index contributed by atoms with van der Waals surface area (Å²) in [6, 6.07) is 15.7. The van der Waals surface area contributed by atoms with Crippen LogP contribution in [0.1, 0.15) is 27.8 Å². The van der Waals surface area contributed by atoms with Crippen molar-refractivity contribution in [2.75, 3.05) is 11.9 Å². The molecule has 5 heteroatoms. The summed E-state index contributed by atoms with van der Waals surface area (Å²) in [4.78, 5) is 17.1. The van der Waals surface area contributed by atoms with E-state index in [9.17, 15) is 4.79 Å². The van der Waals surface area contributed by atoms with E-state index in [0.29, 0.717) is 17.3 Å². The number of hydrogen-bond acceptors (Lipinski definition) is 4. The molecule has 0 radical (unpaired) electrons. The van der Waals surface area contributed by atoms with Gasteiger partial charge in [-0.1, -0.05) is 23.8 Å². The molecule has 0 spiro atoms. The van der Waals surface area contributed by atoms with Crippen molar-refractivity contribution in [2.45, 2.75) is 34.6 Å². The van der Waals surface area contributed by atoms with Crippen LogP contribution in [0.4, 0.5) is 5.69 Å². The fourth-order valence-electron chi connectivity index (χ4n) is 3.48. The van der Waals surface area contributed by atoms with Gasteiger partial charge in [-0.3, -0.25) is 4.79 Å². The first-order valence-electron chi connectivity index (χ1n) is 10.3. The maximum Gasteiger partial charge on any atom is 0.262 e. The van der Waals surface area contributed by atoms with Gasteiger partial charge in [0.05, 0.1) is 0 Å². The van der Waals surface area contributed by atoms with Crippen molar-refractivity contribution in [3.05, 3.63) is 76.3 Å². The van der Waals surface area contributed by atoms with Crippen molar-refractivity contribution >= 4 is 22.7 Å². The summed E-state index contributed by atoms with van der Waals surface area (Å²) >= 11 is 0. The average molecular weight is 415 g/mol. The minimum atomic E-state index is -0.218. The normalized spacial score (nSPS) is 11.0. The van der Waals surface area contributed by atoms with Crippen molar-refractivity contribution in [3.63, 3.8) is 0 Å². The molecule has 1 amide bonds. The molecule has 0 unspecified atom stereocenters. The second-order valence-electron chi connectivity index (χ2n) is 8.06. The van der Waals surface area contributed by atoms with E-state index in [1.54, 1.807) is 0 Å². The molecule has 0 aliphatic heterocycles. The molecule has 4 aromatic rings. The minimum absolute atomic E-state index is 0.0605. The summed E-state index contributed by atoms with van der Waals surface area (Å²) in [5.74, 6) is 1.02. The molecule has 0 aliphatic rings. The Kier molecular flexibility index (Phi) is 5.51. The maximum absolute atomic E-state index is 12.5. The van der Waals surface area contributed by atoms with Crippen LogP contribution in [-0.2, 0) is 4.79 Å². The lowest BCUT2D eigenvalue weighted by Gasteiger charge is -2.12. The predicted molar refractivity (Wildman–Crippen MR) is 124 cm³/mol. The Morgan fingerprint density at radius 2 is 1.68 bits per heavy atom. The van der Waals surface area contributed by atoms with E-state index >= 15 is 0 Å². The van der Waals surface area contributed by atoms with Crippen LogP contribution in [0.25, 0.3) is 22.6 Å². The fraction of sp³-hybridized carbons (Fsp3) is 0.231. The lowest BCUT2D eigenvalue weighted by molar-refractivity contribution is -0.118. The Morgan fingerprint density at radius 3 is 2.45 bits per heavy atom. The van der Waals surface area contributed by atoms with Gasteiger partial charge in [0.15, 0.2) is 12.2 Å². The van der Waals surface area contributed by atoms with Gasteiger partial charge in [-0.05, 0) is 87.2 Å². The zero-order valence-corrected chi connectivity index (χ0v) is 18.5. The number of aromatic nitrogens is 1. The Hall–Kier alpha value is -3.60. The largest absolute Gasteiger partial charge is 0.483 e. The van der Waals surface area contributed by atoms with Gasteiger partial charge in [0.2, 0.25) is 5.89 Å². The predicted octanol–water partition coefficient (Wildman–Crippen LogP) is 6.05. The SMILES string of the molecule is Cc1ccc(OCC(=O)Nc2cc(-c3nc4cc(C)c(C)cc4o3)ccc2C)c(C)c1. The second kappa shape index (κ2) is 8.26. The van der Waals surface area contributed by atoms with Crippen molar-refractivity contribution in [3.8, 4) is 17.2 Å². The smallest absolute Gasteiger partial charge is 0.262 e. The van der Waals surface area contributed by atoms with Gasteiger partial charge in [0.25, 0.3) is 5.91 Å². The molecule has 4 rings (SSSR count). The van der Waals surface area contributed by atoms with E-state index in [1.807, 2.05) is 69.3 Å². The molecule has 0 bridgehead atoms. The summed E-state index contributed by atoms with van der Waals surface area (Å²) in [7, 11) is 0. The number of rotatable bonds is 5. The first kappa shape index (κ1) is 20.7. The van der Waals surface area contributed by atoms with Crippen molar-refractivity contribution in [2.24, 2.45) is 0 Å². The van der Waals surface area contributed by atoms with E-state index in [4.69, 9.17) is 9.15 Å². The zero-order valence-electron chi connectivity index (χ0n) is 18.5. The highest BCUT2D eigenvalue weighted by Gasteiger charge is 2.13. The lowest BCUT2D eigenvalue weighted by atomic mass is 10.1. The maximum atomic E-state index is 12.5. The zero-order chi connectivity index (χ0) is 22.1. The number of ether oxygens (including phenoxy) is 1. The molecule has 0 saturated heterocycles. The van der Waals surface area contributed by atoms with Crippen LogP contribution in [0.2, 0.25) is 0 Å². The van der Waals surface area contributed by atoms with Gasteiger partial charge in [-0.25, -0.2) is 4.98 Å². The molecule has 1 aromatic heterocycles. The van der Waals surface area contributed by atoms with Gasteiger partial charge in [0, 0.05) is 11.3 Å². The molecule has 158 valence electrons. The van der Waals surface area contributed by atoms with Crippen LogP contribution in [0.5, 0.6) is 5.75 Å². The number of benzene rings is 3. The van der Waals surface area contributed by atoms with Crippen LogP contribution in [0, 0.1) is 34.6 Å². The summed E-state index contributed by atoms with van der Waals surface area (Å²) < 4.78 is 11.7. The number of fused-ring (bicyclic) bond motifs is 1. The number of nitrogens with one attached hydrogen (secondary N) is 1. The quantitative estimate of drug-likeness (QED) is 0.431. The van der Waals surface area contributed by atoms with Crippen molar-refractivity contribution < 1.29 is 13.9 Å². The minimum Gasteiger partial charge on any atom is -0.483 e. The number of anilines is 1. The van der Waals surface area contributed by atoms with Crippen LogP contribution < -0.4 is 10.1 Å². The monoisotopic (exact) mass is 414 g/mol. The standard InChI is InChI=1S/C26H26N2O3/c1-15-6-9-23(19(5)10-15)30-14-25(29)27-21-13-20(8-7-16(21)2)26-28-22-11-17(3)18(4)12-24(22)31-26/h6-13H,14H2,1-5H3,(H,27,29). The number of aryl methyl sites for hydroxylation is 5. The van der Waals surface area contributed by atoms with E-state index in [1.165, 1.54) is 5.56 Å². The molecule has 0 saturated carbocycles. The first-order chi connectivity index (χ1) is 14.8. The number of carbonyl (C=O) groups excluding carboxylic acids is 1. The Labute approximate surface area is 182 Å². The van der Waals surface area contributed by atoms with E-state index < -0.39 is 0 Å². The Balaban J connectivity index is 1.52. The fourth-order valence-corrected chi connectivity index (χ4v) is 3.48. The van der Waals surface area contributed by atoms with E-state index in [-0.39, 0.29) is 12.5 Å². The van der Waals surface area contributed by atoms with Crippen molar-refractivity contribution in [1.29, 1.82) is 0 Å². The van der Waals surface area contributed by atoms with E-state index in [2.05, 4.69) is 24.1 Å². The van der Waals surface area contributed by atoms with Gasteiger partial charge >= 0.3 is 0 Å². The molecule has 1 heterocycles. The summed E-state index contributed by atoms with van der Waals surface area (Å²) in [5, 5.41) is 2.94. The van der Waals surface area contributed by atoms with Gasteiger partial charge in [0.1, 0.15) is 11.3 Å². The number of amides is 1. The lowest BCUT2D eigenvalue weighted by Crippen LogP contribution is -2.21. The number of carbonyl (C=O) groups is 1. The van der Waals surface area contributed by atoms with Crippen LogP contribution in [-0.4, -0.2) is 17.5 Å². The third-order valence-corrected chi connectivity index (χ3v) is 5.45. The summed E-state index contributed by atoms with van der Waals surface area (Å²) in [6.45, 7) is 9.99. The molecule has 0 fully saturated rings. The number of hydrogen-bond donors (Lipinski definition) is 1. The molecular formula is C26H26N2O3. The highest BCUT2D eigenvalue weighted by Crippen LogP contribution is 2.29.